The Bertz CT molecular complexity index is 362. The molecule has 2 nitrogen and oxygen atoms in total. The summed E-state index contributed by atoms with van der Waals surface area (Å²) in [5, 5.41) is 3.47. The van der Waals surface area contributed by atoms with E-state index < -0.39 is 0 Å². The lowest BCUT2D eigenvalue weighted by atomic mass is 10.0. The molecule has 1 aromatic carbocycles. The minimum Gasteiger partial charge on any atom is -0.372 e. The maximum atomic E-state index is 5.97. The first-order valence-corrected chi connectivity index (χ1v) is 6.06. The number of hydrogen-bond acceptors (Lipinski definition) is 2. The summed E-state index contributed by atoms with van der Waals surface area (Å²) in [5.74, 6) is 0.607. The van der Waals surface area contributed by atoms with Crippen LogP contribution in [0.25, 0.3) is 0 Å². The van der Waals surface area contributed by atoms with Crippen LogP contribution in [0.3, 0.4) is 0 Å². The Kier molecular flexibility index (Phi) is 3.62. The Labute approximate surface area is 98.0 Å². The first-order valence-electron chi connectivity index (χ1n) is 6.06. The van der Waals surface area contributed by atoms with Crippen LogP contribution >= 0.6 is 0 Å². The van der Waals surface area contributed by atoms with E-state index in [-0.39, 0.29) is 6.10 Å². The second-order valence-electron chi connectivity index (χ2n) is 4.95. The van der Waals surface area contributed by atoms with Crippen molar-refractivity contribution in [1.29, 1.82) is 0 Å². The van der Waals surface area contributed by atoms with Gasteiger partial charge in [-0.15, -0.1) is 0 Å². The summed E-state index contributed by atoms with van der Waals surface area (Å²) in [6, 6.07) is 6.59. The Morgan fingerprint density at radius 2 is 2.06 bits per heavy atom. The molecule has 2 unspecified atom stereocenters. The van der Waals surface area contributed by atoms with Crippen molar-refractivity contribution >= 4 is 0 Å². The monoisotopic (exact) mass is 219 g/mol. The second-order valence-corrected chi connectivity index (χ2v) is 4.95. The van der Waals surface area contributed by atoms with Crippen molar-refractivity contribution in [2.24, 2.45) is 5.92 Å². The van der Waals surface area contributed by atoms with Crippen molar-refractivity contribution in [2.45, 2.75) is 26.9 Å². The Morgan fingerprint density at radius 1 is 1.25 bits per heavy atom. The topological polar surface area (TPSA) is 21.3 Å². The van der Waals surface area contributed by atoms with Gasteiger partial charge in [0.05, 0.1) is 12.7 Å². The van der Waals surface area contributed by atoms with Crippen LogP contribution in [0, 0.1) is 19.8 Å². The highest BCUT2D eigenvalue weighted by atomic mass is 16.5. The molecule has 1 aliphatic heterocycles. The molecule has 1 saturated heterocycles. The molecule has 2 atom stereocenters. The summed E-state index contributed by atoms with van der Waals surface area (Å²) in [6.07, 6.45) is 0.213. The predicted octanol–water partition coefficient (Wildman–Crippen LogP) is 2.60. The highest BCUT2D eigenvalue weighted by molar-refractivity contribution is 5.32. The minimum absolute atomic E-state index is 0.213. The van der Waals surface area contributed by atoms with Gasteiger partial charge in [-0.05, 0) is 30.9 Å². The van der Waals surface area contributed by atoms with Gasteiger partial charge in [0.1, 0.15) is 0 Å². The zero-order chi connectivity index (χ0) is 11.5. The van der Waals surface area contributed by atoms with Crippen LogP contribution in [0.5, 0.6) is 0 Å². The third-order valence-electron chi connectivity index (χ3n) is 3.19. The van der Waals surface area contributed by atoms with Gasteiger partial charge in [0.2, 0.25) is 0 Å². The fraction of sp³-hybridized carbons (Fsp3) is 0.571. The van der Waals surface area contributed by atoms with E-state index >= 15 is 0 Å². The fourth-order valence-electron chi connectivity index (χ4n) is 2.17. The van der Waals surface area contributed by atoms with Gasteiger partial charge >= 0.3 is 0 Å². The van der Waals surface area contributed by atoms with E-state index in [1.165, 1.54) is 16.7 Å². The number of nitrogens with one attached hydrogen (secondary N) is 1. The lowest BCUT2D eigenvalue weighted by molar-refractivity contribution is 0.0511. The van der Waals surface area contributed by atoms with E-state index in [0.29, 0.717) is 5.92 Å². The lowest BCUT2D eigenvalue weighted by Crippen LogP contribution is -2.22. The zero-order valence-electron chi connectivity index (χ0n) is 10.4. The van der Waals surface area contributed by atoms with Crippen LogP contribution in [-0.2, 0) is 4.74 Å². The third kappa shape index (κ3) is 2.63. The lowest BCUT2D eigenvalue weighted by Gasteiger charge is -2.18. The molecule has 0 amide bonds. The van der Waals surface area contributed by atoms with Crippen molar-refractivity contribution < 1.29 is 4.74 Å². The van der Waals surface area contributed by atoms with Crippen molar-refractivity contribution in [1.82, 2.24) is 5.32 Å². The molecule has 2 rings (SSSR count). The molecule has 0 aromatic heterocycles. The molecule has 1 fully saturated rings. The highest BCUT2D eigenvalue weighted by Crippen LogP contribution is 2.24. The zero-order valence-corrected chi connectivity index (χ0v) is 10.4. The Morgan fingerprint density at radius 3 is 2.88 bits per heavy atom. The van der Waals surface area contributed by atoms with Crippen molar-refractivity contribution in [2.75, 3.05) is 19.7 Å². The van der Waals surface area contributed by atoms with Gasteiger partial charge in [-0.3, -0.25) is 0 Å². The summed E-state index contributed by atoms with van der Waals surface area (Å²) in [6.45, 7) is 9.35. The highest BCUT2D eigenvalue weighted by Gasteiger charge is 2.19. The van der Waals surface area contributed by atoms with E-state index in [1.54, 1.807) is 0 Å². The number of hydrogen-bond donors (Lipinski definition) is 1. The molecule has 1 aliphatic rings. The standard InChI is InChI=1S/C14H21NO/c1-10-4-5-12(3)13(6-10)14-8-15-7-11(2)9-16-14/h4-6,11,14-15H,7-9H2,1-3H3. The van der Waals surface area contributed by atoms with Gasteiger partial charge in [-0.2, -0.15) is 0 Å². The van der Waals surface area contributed by atoms with E-state index in [1.807, 2.05) is 0 Å². The molecule has 0 spiro atoms. The van der Waals surface area contributed by atoms with Crippen LogP contribution in [0.4, 0.5) is 0 Å². The van der Waals surface area contributed by atoms with Crippen molar-refractivity contribution in [3.05, 3.63) is 34.9 Å². The normalized spacial score (nSPS) is 26.4. The molecule has 1 N–H and O–H groups in total. The maximum absolute atomic E-state index is 5.97. The third-order valence-corrected chi connectivity index (χ3v) is 3.19. The van der Waals surface area contributed by atoms with E-state index in [9.17, 15) is 0 Å². The van der Waals surface area contributed by atoms with Gasteiger partial charge in [0.15, 0.2) is 0 Å². The molecule has 0 saturated carbocycles. The van der Waals surface area contributed by atoms with Gasteiger partial charge < -0.3 is 10.1 Å². The first-order chi connectivity index (χ1) is 7.66. The largest absolute Gasteiger partial charge is 0.372 e. The summed E-state index contributed by atoms with van der Waals surface area (Å²) in [7, 11) is 0. The molecule has 0 radical (unpaired) electrons. The predicted molar refractivity (Wildman–Crippen MR) is 66.6 cm³/mol. The van der Waals surface area contributed by atoms with Gasteiger partial charge in [0, 0.05) is 13.1 Å². The van der Waals surface area contributed by atoms with Crippen LogP contribution in [0.2, 0.25) is 0 Å². The molecule has 1 aromatic rings. The molecular weight excluding hydrogens is 198 g/mol. The second kappa shape index (κ2) is 4.98. The smallest absolute Gasteiger partial charge is 0.0951 e. The first kappa shape index (κ1) is 11.6. The average molecular weight is 219 g/mol. The molecule has 16 heavy (non-hydrogen) atoms. The van der Waals surface area contributed by atoms with Crippen LogP contribution < -0.4 is 5.32 Å². The molecule has 0 aliphatic carbocycles. The number of aryl methyl sites for hydroxylation is 2. The summed E-state index contributed by atoms with van der Waals surface area (Å²) < 4.78 is 5.97. The van der Waals surface area contributed by atoms with E-state index in [0.717, 1.165) is 19.7 Å². The maximum Gasteiger partial charge on any atom is 0.0951 e. The van der Waals surface area contributed by atoms with Crippen LogP contribution in [0.1, 0.15) is 29.7 Å². The summed E-state index contributed by atoms with van der Waals surface area (Å²) in [5.41, 5.74) is 3.97. The molecular formula is C14H21NO. The summed E-state index contributed by atoms with van der Waals surface area (Å²) in [4.78, 5) is 0. The minimum atomic E-state index is 0.213. The van der Waals surface area contributed by atoms with E-state index in [2.05, 4.69) is 44.3 Å². The Hall–Kier alpha value is -0.860. The van der Waals surface area contributed by atoms with E-state index in [4.69, 9.17) is 4.74 Å². The Balaban J connectivity index is 2.19. The van der Waals surface area contributed by atoms with Gasteiger partial charge in [0.25, 0.3) is 0 Å². The molecule has 1 heterocycles. The summed E-state index contributed by atoms with van der Waals surface area (Å²) >= 11 is 0. The van der Waals surface area contributed by atoms with Crippen LogP contribution in [-0.4, -0.2) is 19.7 Å². The van der Waals surface area contributed by atoms with Crippen LogP contribution in [0.15, 0.2) is 18.2 Å². The number of ether oxygens (including phenoxy) is 1. The molecule has 0 bridgehead atoms. The quantitative estimate of drug-likeness (QED) is 0.784. The molecule has 2 heteroatoms. The van der Waals surface area contributed by atoms with Gasteiger partial charge in [-0.1, -0.05) is 30.7 Å². The fourth-order valence-corrected chi connectivity index (χ4v) is 2.17. The SMILES string of the molecule is Cc1ccc(C)c(C2CNCC(C)CO2)c1. The molecule has 88 valence electrons. The number of benzene rings is 1. The van der Waals surface area contributed by atoms with Gasteiger partial charge in [-0.25, -0.2) is 0 Å². The average Bonchev–Trinajstić information content (AvgIpc) is 2.47. The van der Waals surface area contributed by atoms with Crippen molar-refractivity contribution in [3.63, 3.8) is 0 Å². The number of rotatable bonds is 1. The van der Waals surface area contributed by atoms with Crippen molar-refractivity contribution in [3.8, 4) is 0 Å².